The molecular weight excluding hydrogens is 370 g/mol. The van der Waals surface area contributed by atoms with Crippen LogP contribution < -0.4 is 20.3 Å². The third kappa shape index (κ3) is 2.77. The zero-order valence-electron chi connectivity index (χ0n) is 16.8. The van der Waals surface area contributed by atoms with E-state index in [9.17, 15) is 9.90 Å². The molecule has 2 heterocycles. The van der Waals surface area contributed by atoms with Crippen molar-refractivity contribution in [2.45, 2.75) is 18.6 Å². The van der Waals surface area contributed by atoms with Gasteiger partial charge in [0.15, 0.2) is 17.3 Å². The molecule has 3 aromatic rings. The largest absolute Gasteiger partial charge is 0.493 e. The van der Waals surface area contributed by atoms with E-state index >= 15 is 0 Å². The lowest BCUT2D eigenvalue weighted by atomic mass is 9.83. The number of nitrogens with zero attached hydrogens (tertiary/aromatic N) is 2. The zero-order chi connectivity index (χ0) is 20.8. The summed E-state index contributed by atoms with van der Waals surface area (Å²) in [5, 5.41) is 15.1. The Morgan fingerprint density at radius 3 is 2.41 bits per heavy atom. The molecule has 0 unspecified atom stereocenters. The molecule has 150 valence electrons. The van der Waals surface area contributed by atoms with Gasteiger partial charge < -0.3 is 19.9 Å². The van der Waals surface area contributed by atoms with Crippen LogP contribution in [0.1, 0.15) is 24.4 Å². The van der Waals surface area contributed by atoms with Crippen molar-refractivity contribution < 1.29 is 14.6 Å². The molecule has 2 atom stereocenters. The summed E-state index contributed by atoms with van der Waals surface area (Å²) in [6, 6.07) is 12.0. The Hall–Kier alpha value is -3.32. The standard InChI is InChI=1S/C22H23N3O4/c1-13-22(27,14-8-6-5-7-9-14)12-17(23-2)20-24-16-11-19(29-4)18(28-3)10-15(16)21(26)25(13)20/h5-13,23,27H,1-4H3/t13-,22-/m0/s1. The van der Waals surface area contributed by atoms with Crippen molar-refractivity contribution in [1.29, 1.82) is 0 Å². The average molecular weight is 393 g/mol. The van der Waals surface area contributed by atoms with Crippen LogP contribution >= 0.6 is 0 Å². The van der Waals surface area contributed by atoms with Gasteiger partial charge in [0.1, 0.15) is 5.60 Å². The maximum absolute atomic E-state index is 13.5. The number of methoxy groups -OCH3 is 2. The van der Waals surface area contributed by atoms with E-state index in [-0.39, 0.29) is 5.56 Å². The molecule has 1 aliphatic rings. The van der Waals surface area contributed by atoms with Crippen molar-refractivity contribution in [1.82, 2.24) is 14.9 Å². The summed E-state index contributed by atoms with van der Waals surface area (Å²) in [4.78, 5) is 18.2. The molecule has 0 amide bonds. The molecule has 0 fully saturated rings. The fourth-order valence-electron chi connectivity index (χ4n) is 3.89. The molecule has 0 aliphatic carbocycles. The average Bonchev–Trinajstić information content (AvgIpc) is 2.76. The number of fused-ring (bicyclic) bond motifs is 2. The highest BCUT2D eigenvalue weighted by atomic mass is 16.5. The molecule has 0 saturated heterocycles. The van der Waals surface area contributed by atoms with Gasteiger partial charge >= 0.3 is 0 Å². The molecular formula is C22H23N3O4. The van der Waals surface area contributed by atoms with E-state index in [0.717, 1.165) is 0 Å². The number of hydrogen-bond acceptors (Lipinski definition) is 6. The van der Waals surface area contributed by atoms with E-state index in [1.807, 2.05) is 37.3 Å². The highest BCUT2D eigenvalue weighted by Gasteiger charge is 2.41. The van der Waals surface area contributed by atoms with E-state index in [2.05, 4.69) is 5.32 Å². The van der Waals surface area contributed by atoms with Crippen molar-refractivity contribution in [3.05, 3.63) is 70.3 Å². The van der Waals surface area contributed by atoms with Gasteiger partial charge in [0.2, 0.25) is 0 Å². The lowest BCUT2D eigenvalue weighted by Gasteiger charge is -2.38. The zero-order valence-corrected chi connectivity index (χ0v) is 16.8. The Labute approximate surface area is 168 Å². The van der Waals surface area contributed by atoms with E-state index < -0.39 is 11.6 Å². The molecule has 0 radical (unpaired) electrons. The minimum atomic E-state index is -1.37. The second-order valence-electron chi connectivity index (χ2n) is 7.01. The van der Waals surface area contributed by atoms with Crippen LogP contribution in [0.2, 0.25) is 0 Å². The molecule has 0 spiro atoms. The van der Waals surface area contributed by atoms with Gasteiger partial charge in [-0.2, -0.15) is 0 Å². The first-order valence-electron chi connectivity index (χ1n) is 9.31. The quantitative estimate of drug-likeness (QED) is 0.708. The predicted molar refractivity (Wildman–Crippen MR) is 111 cm³/mol. The summed E-state index contributed by atoms with van der Waals surface area (Å²) in [6.45, 7) is 1.81. The first-order chi connectivity index (χ1) is 13.9. The van der Waals surface area contributed by atoms with Gasteiger partial charge in [-0.25, -0.2) is 4.98 Å². The Balaban J connectivity index is 2.04. The Bertz CT molecular complexity index is 1170. The normalized spacial score (nSPS) is 20.7. The van der Waals surface area contributed by atoms with Gasteiger partial charge in [0, 0.05) is 13.1 Å². The maximum Gasteiger partial charge on any atom is 0.262 e. The Morgan fingerprint density at radius 2 is 1.79 bits per heavy atom. The third-order valence-electron chi connectivity index (χ3n) is 5.54. The third-order valence-corrected chi connectivity index (χ3v) is 5.54. The fourth-order valence-corrected chi connectivity index (χ4v) is 3.89. The molecule has 7 heteroatoms. The maximum atomic E-state index is 13.5. The van der Waals surface area contributed by atoms with Gasteiger partial charge in [-0.3, -0.25) is 9.36 Å². The summed E-state index contributed by atoms with van der Waals surface area (Å²) in [5.41, 5.74) is 0.141. The van der Waals surface area contributed by atoms with E-state index in [0.29, 0.717) is 39.5 Å². The predicted octanol–water partition coefficient (Wildman–Crippen LogP) is 2.44. The molecule has 4 rings (SSSR count). The van der Waals surface area contributed by atoms with Gasteiger partial charge in [0.05, 0.1) is 36.9 Å². The summed E-state index contributed by atoms with van der Waals surface area (Å²) < 4.78 is 12.2. The first-order valence-corrected chi connectivity index (χ1v) is 9.31. The van der Waals surface area contributed by atoms with E-state index in [1.54, 1.807) is 25.3 Å². The molecule has 2 aromatic carbocycles. The number of rotatable bonds is 4. The van der Waals surface area contributed by atoms with Gasteiger partial charge in [0.25, 0.3) is 5.56 Å². The number of hydrogen-bond donors (Lipinski definition) is 2. The summed E-state index contributed by atoms with van der Waals surface area (Å²) in [5.74, 6) is 1.41. The second kappa shape index (κ2) is 6.93. The van der Waals surface area contributed by atoms with Crippen LogP contribution in [-0.2, 0) is 5.60 Å². The van der Waals surface area contributed by atoms with Gasteiger partial charge in [-0.15, -0.1) is 0 Å². The van der Waals surface area contributed by atoms with Crippen LogP contribution in [0.15, 0.2) is 53.3 Å². The number of benzene rings is 2. The molecule has 1 aliphatic heterocycles. The van der Waals surface area contributed by atoms with E-state index in [1.165, 1.54) is 18.8 Å². The summed E-state index contributed by atoms with van der Waals surface area (Å²) >= 11 is 0. The van der Waals surface area contributed by atoms with Crippen LogP contribution in [0.5, 0.6) is 11.5 Å². The molecule has 29 heavy (non-hydrogen) atoms. The highest BCUT2D eigenvalue weighted by Crippen LogP contribution is 2.41. The van der Waals surface area contributed by atoms with Crippen LogP contribution in [0.4, 0.5) is 0 Å². The molecule has 2 N–H and O–H groups in total. The van der Waals surface area contributed by atoms with Crippen LogP contribution in [-0.4, -0.2) is 35.9 Å². The van der Waals surface area contributed by atoms with Gasteiger partial charge in [-0.05, 0) is 24.6 Å². The fraction of sp³-hybridized carbons (Fsp3) is 0.273. The molecule has 0 bridgehead atoms. The van der Waals surface area contributed by atoms with Crippen molar-refractivity contribution in [3.8, 4) is 11.5 Å². The van der Waals surface area contributed by atoms with Crippen LogP contribution in [0.25, 0.3) is 16.6 Å². The van der Waals surface area contributed by atoms with E-state index in [4.69, 9.17) is 14.5 Å². The first kappa shape index (κ1) is 19.0. The lowest BCUT2D eigenvalue weighted by Crippen LogP contribution is -2.44. The highest BCUT2D eigenvalue weighted by molar-refractivity contribution is 5.83. The van der Waals surface area contributed by atoms with Crippen molar-refractivity contribution in [2.24, 2.45) is 0 Å². The minimum Gasteiger partial charge on any atom is -0.493 e. The molecule has 7 nitrogen and oxygen atoms in total. The lowest BCUT2D eigenvalue weighted by molar-refractivity contribution is 0.0322. The van der Waals surface area contributed by atoms with Crippen LogP contribution in [0.3, 0.4) is 0 Å². The van der Waals surface area contributed by atoms with Crippen molar-refractivity contribution >= 4 is 16.6 Å². The summed E-state index contributed by atoms with van der Waals surface area (Å²) in [7, 11) is 4.80. The van der Waals surface area contributed by atoms with Crippen LogP contribution in [0, 0.1) is 0 Å². The van der Waals surface area contributed by atoms with Crippen molar-refractivity contribution in [3.63, 3.8) is 0 Å². The summed E-state index contributed by atoms with van der Waals surface area (Å²) in [6.07, 6.45) is 1.72. The topological polar surface area (TPSA) is 85.6 Å². The Morgan fingerprint density at radius 1 is 1.14 bits per heavy atom. The Kier molecular flexibility index (Phi) is 4.55. The number of aliphatic hydroxyl groups is 1. The van der Waals surface area contributed by atoms with Crippen molar-refractivity contribution in [2.75, 3.05) is 21.3 Å². The second-order valence-corrected chi connectivity index (χ2v) is 7.01. The smallest absolute Gasteiger partial charge is 0.262 e. The SMILES string of the molecule is CNC1=C[C@@](O)(c2ccccc2)[C@H](C)n2c1nc1cc(OC)c(OC)cc1c2=O. The number of ether oxygens (including phenoxy) is 2. The number of aromatic nitrogens is 2. The molecule has 1 aromatic heterocycles. The monoisotopic (exact) mass is 393 g/mol. The van der Waals surface area contributed by atoms with Gasteiger partial charge in [-0.1, -0.05) is 30.3 Å². The minimum absolute atomic E-state index is 0.256. The molecule has 0 saturated carbocycles. The number of nitrogens with one attached hydrogen (secondary N) is 1.